The molecule has 0 bridgehead atoms. The SMILES string of the molecule is Cc1cc(C(N)=O)nc2c1CCCC2. The second kappa shape index (κ2) is 3.40. The normalized spacial score (nSPS) is 14.9. The van der Waals surface area contributed by atoms with E-state index in [1.54, 1.807) is 6.07 Å². The molecular formula is C11H14N2O. The van der Waals surface area contributed by atoms with E-state index in [0.29, 0.717) is 5.69 Å². The Labute approximate surface area is 83.3 Å². The molecule has 0 spiro atoms. The van der Waals surface area contributed by atoms with Gasteiger partial charge in [0.1, 0.15) is 5.69 Å². The molecule has 2 N–H and O–H groups in total. The first-order chi connectivity index (χ1) is 6.68. The fourth-order valence-electron chi connectivity index (χ4n) is 2.03. The smallest absolute Gasteiger partial charge is 0.267 e. The number of aromatic nitrogens is 1. The Morgan fingerprint density at radius 2 is 2.14 bits per heavy atom. The van der Waals surface area contributed by atoms with Crippen LogP contribution in [0.3, 0.4) is 0 Å². The van der Waals surface area contributed by atoms with Crippen molar-refractivity contribution in [3.8, 4) is 0 Å². The number of pyridine rings is 1. The number of aryl methyl sites for hydroxylation is 2. The highest BCUT2D eigenvalue weighted by Crippen LogP contribution is 2.23. The van der Waals surface area contributed by atoms with Gasteiger partial charge in [0, 0.05) is 5.69 Å². The molecule has 0 unspecified atom stereocenters. The molecule has 1 aromatic heterocycles. The molecule has 0 saturated carbocycles. The molecule has 3 heteroatoms. The van der Waals surface area contributed by atoms with E-state index in [0.717, 1.165) is 24.1 Å². The van der Waals surface area contributed by atoms with E-state index < -0.39 is 5.91 Å². The molecule has 1 aromatic rings. The first-order valence-electron chi connectivity index (χ1n) is 4.97. The monoisotopic (exact) mass is 190 g/mol. The number of carbonyl (C=O) groups excluding carboxylic acids is 1. The highest BCUT2D eigenvalue weighted by atomic mass is 16.1. The van der Waals surface area contributed by atoms with Crippen molar-refractivity contribution in [3.63, 3.8) is 0 Å². The zero-order valence-corrected chi connectivity index (χ0v) is 8.34. The molecular weight excluding hydrogens is 176 g/mol. The third-order valence-corrected chi connectivity index (χ3v) is 2.78. The standard InChI is InChI=1S/C11H14N2O/c1-7-6-10(11(12)14)13-9-5-3-2-4-8(7)9/h6H,2-5H2,1H3,(H2,12,14). The third kappa shape index (κ3) is 1.50. The summed E-state index contributed by atoms with van der Waals surface area (Å²) in [5.74, 6) is -0.429. The molecule has 0 aliphatic heterocycles. The van der Waals surface area contributed by atoms with E-state index in [1.165, 1.54) is 18.4 Å². The number of amides is 1. The lowest BCUT2D eigenvalue weighted by molar-refractivity contribution is 0.0995. The zero-order chi connectivity index (χ0) is 10.1. The summed E-state index contributed by atoms with van der Waals surface area (Å²) in [6.07, 6.45) is 4.47. The molecule has 14 heavy (non-hydrogen) atoms. The Balaban J connectivity index is 2.51. The summed E-state index contributed by atoms with van der Waals surface area (Å²) < 4.78 is 0. The molecule has 74 valence electrons. The van der Waals surface area contributed by atoms with Crippen molar-refractivity contribution < 1.29 is 4.79 Å². The topological polar surface area (TPSA) is 56.0 Å². The molecule has 1 amide bonds. The molecule has 1 heterocycles. The van der Waals surface area contributed by atoms with Crippen LogP contribution in [0.15, 0.2) is 6.07 Å². The predicted octanol–water partition coefficient (Wildman–Crippen LogP) is 1.37. The van der Waals surface area contributed by atoms with E-state index in [1.807, 2.05) is 6.92 Å². The maximum absolute atomic E-state index is 11.0. The van der Waals surface area contributed by atoms with Gasteiger partial charge >= 0.3 is 0 Å². The Morgan fingerprint density at radius 3 is 2.86 bits per heavy atom. The van der Waals surface area contributed by atoms with Gasteiger partial charge in [-0.2, -0.15) is 0 Å². The van der Waals surface area contributed by atoms with Crippen LogP contribution in [-0.4, -0.2) is 10.9 Å². The van der Waals surface area contributed by atoms with Gasteiger partial charge in [0.15, 0.2) is 0 Å². The number of nitrogens with two attached hydrogens (primary N) is 1. The van der Waals surface area contributed by atoms with Crippen molar-refractivity contribution in [3.05, 3.63) is 28.6 Å². The van der Waals surface area contributed by atoms with Crippen LogP contribution in [0.2, 0.25) is 0 Å². The van der Waals surface area contributed by atoms with E-state index in [2.05, 4.69) is 4.98 Å². The summed E-state index contributed by atoms with van der Waals surface area (Å²) in [5, 5.41) is 0. The zero-order valence-electron chi connectivity index (χ0n) is 8.34. The quantitative estimate of drug-likeness (QED) is 0.727. The molecule has 2 rings (SSSR count). The van der Waals surface area contributed by atoms with Crippen LogP contribution < -0.4 is 5.73 Å². The van der Waals surface area contributed by atoms with Gasteiger partial charge in [-0.3, -0.25) is 4.79 Å². The molecule has 0 saturated heterocycles. The van der Waals surface area contributed by atoms with Crippen molar-refractivity contribution in [2.75, 3.05) is 0 Å². The number of hydrogen-bond donors (Lipinski definition) is 1. The molecule has 3 nitrogen and oxygen atoms in total. The van der Waals surface area contributed by atoms with E-state index in [-0.39, 0.29) is 0 Å². The van der Waals surface area contributed by atoms with Crippen molar-refractivity contribution in [1.29, 1.82) is 0 Å². The molecule has 1 aliphatic rings. The minimum atomic E-state index is -0.429. The largest absolute Gasteiger partial charge is 0.364 e. The second-order valence-electron chi connectivity index (χ2n) is 3.82. The summed E-state index contributed by atoms with van der Waals surface area (Å²) in [6.45, 7) is 2.03. The third-order valence-electron chi connectivity index (χ3n) is 2.78. The van der Waals surface area contributed by atoms with E-state index >= 15 is 0 Å². The molecule has 0 aromatic carbocycles. The molecule has 0 radical (unpaired) electrons. The molecule has 0 fully saturated rings. The fourth-order valence-corrected chi connectivity index (χ4v) is 2.03. The summed E-state index contributed by atoms with van der Waals surface area (Å²) in [5.41, 5.74) is 9.17. The average molecular weight is 190 g/mol. The lowest BCUT2D eigenvalue weighted by Crippen LogP contribution is -2.17. The summed E-state index contributed by atoms with van der Waals surface area (Å²) in [7, 11) is 0. The van der Waals surface area contributed by atoms with E-state index in [4.69, 9.17) is 5.73 Å². The van der Waals surface area contributed by atoms with Crippen LogP contribution in [0.25, 0.3) is 0 Å². The number of primary amides is 1. The van der Waals surface area contributed by atoms with Crippen LogP contribution in [0.5, 0.6) is 0 Å². The van der Waals surface area contributed by atoms with Crippen molar-refractivity contribution in [2.24, 2.45) is 5.73 Å². The number of fused-ring (bicyclic) bond motifs is 1. The number of nitrogens with zero attached hydrogens (tertiary/aromatic N) is 1. The van der Waals surface area contributed by atoms with Crippen molar-refractivity contribution in [2.45, 2.75) is 32.6 Å². The second-order valence-corrected chi connectivity index (χ2v) is 3.82. The molecule has 1 aliphatic carbocycles. The van der Waals surface area contributed by atoms with Crippen LogP contribution in [0.1, 0.15) is 40.2 Å². The Hall–Kier alpha value is -1.38. The average Bonchev–Trinajstić information content (AvgIpc) is 2.17. The van der Waals surface area contributed by atoms with Gasteiger partial charge < -0.3 is 5.73 Å². The van der Waals surface area contributed by atoms with Gasteiger partial charge in [-0.25, -0.2) is 4.98 Å². The fraction of sp³-hybridized carbons (Fsp3) is 0.455. The first kappa shape index (κ1) is 9.19. The van der Waals surface area contributed by atoms with Crippen LogP contribution in [0.4, 0.5) is 0 Å². The maximum atomic E-state index is 11.0. The summed E-state index contributed by atoms with van der Waals surface area (Å²) in [4.78, 5) is 15.3. The van der Waals surface area contributed by atoms with Crippen LogP contribution in [-0.2, 0) is 12.8 Å². The number of carbonyl (C=O) groups is 1. The van der Waals surface area contributed by atoms with Crippen molar-refractivity contribution >= 4 is 5.91 Å². The Bertz CT molecular complexity index is 385. The van der Waals surface area contributed by atoms with Gasteiger partial charge in [-0.05, 0) is 49.8 Å². The lowest BCUT2D eigenvalue weighted by atomic mass is 9.92. The Kier molecular flexibility index (Phi) is 2.23. The van der Waals surface area contributed by atoms with Gasteiger partial charge in [0.05, 0.1) is 0 Å². The summed E-state index contributed by atoms with van der Waals surface area (Å²) in [6, 6.07) is 1.80. The first-order valence-corrected chi connectivity index (χ1v) is 4.97. The molecule has 0 atom stereocenters. The minimum absolute atomic E-state index is 0.406. The summed E-state index contributed by atoms with van der Waals surface area (Å²) >= 11 is 0. The highest BCUT2D eigenvalue weighted by Gasteiger charge is 2.15. The van der Waals surface area contributed by atoms with Gasteiger partial charge in [-0.1, -0.05) is 0 Å². The highest BCUT2D eigenvalue weighted by molar-refractivity contribution is 5.91. The van der Waals surface area contributed by atoms with Gasteiger partial charge in [-0.15, -0.1) is 0 Å². The lowest BCUT2D eigenvalue weighted by Gasteiger charge is -2.17. The number of rotatable bonds is 1. The van der Waals surface area contributed by atoms with Crippen LogP contribution >= 0.6 is 0 Å². The predicted molar refractivity (Wildman–Crippen MR) is 54.1 cm³/mol. The number of hydrogen-bond acceptors (Lipinski definition) is 2. The Morgan fingerprint density at radius 1 is 1.43 bits per heavy atom. The van der Waals surface area contributed by atoms with Gasteiger partial charge in [0.25, 0.3) is 5.91 Å². The van der Waals surface area contributed by atoms with E-state index in [9.17, 15) is 4.79 Å². The maximum Gasteiger partial charge on any atom is 0.267 e. The van der Waals surface area contributed by atoms with Gasteiger partial charge in [0.2, 0.25) is 0 Å². The minimum Gasteiger partial charge on any atom is -0.364 e. The van der Waals surface area contributed by atoms with Crippen molar-refractivity contribution in [1.82, 2.24) is 4.98 Å². The van der Waals surface area contributed by atoms with Crippen LogP contribution in [0, 0.1) is 6.92 Å².